The van der Waals surface area contributed by atoms with E-state index in [1.807, 2.05) is 0 Å². The molecule has 100 valence electrons. The lowest BCUT2D eigenvalue weighted by atomic mass is 10.1. The Morgan fingerprint density at radius 3 is 2.58 bits per heavy atom. The van der Waals surface area contributed by atoms with Crippen molar-refractivity contribution in [3.8, 4) is 6.07 Å². The van der Waals surface area contributed by atoms with E-state index in [1.54, 1.807) is 0 Å². The van der Waals surface area contributed by atoms with Crippen molar-refractivity contribution in [2.45, 2.75) is 18.7 Å². The number of carbonyl (C=O) groups is 1. The van der Waals surface area contributed by atoms with Crippen LogP contribution in [0.1, 0.15) is 17.5 Å². The lowest BCUT2D eigenvalue weighted by Gasteiger charge is -2.18. The van der Waals surface area contributed by atoms with Gasteiger partial charge in [-0.3, -0.25) is 4.79 Å². The maximum Gasteiger partial charge on any atom is 0.417 e. The minimum absolute atomic E-state index is 0.0351. The van der Waals surface area contributed by atoms with E-state index in [2.05, 4.69) is 0 Å². The first-order valence-corrected chi connectivity index (χ1v) is 5.42. The summed E-state index contributed by atoms with van der Waals surface area (Å²) in [6.45, 7) is -0.0397. The molecule has 0 saturated carbocycles. The van der Waals surface area contributed by atoms with Crippen LogP contribution in [0, 0.1) is 11.3 Å². The van der Waals surface area contributed by atoms with Crippen molar-refractivity contribution in [2.75, 3.05) is 11.4 Å². The van der Waals surface area contributed by atoms with Gasteiger partial charge in [0, 0.05) is 5.69 Å². The number of carbonyl (C=O) groups excluding carboxylic acids is 1. The third-order valence-electron chi connectivity index (χ3n) is 2.85. The molecule has 19 heavy (non-hydrogen) atoms. The van der Waals surface area contributed by atoms with Crippen LogP contribution < -0.4 is 4.90 Å². The molecule has 1 aromatic rings. The summed E-state index contributed by atoms with van der Waals surface area (Å²) in [7, 11) is 0. The maximum absolute atomic E-state index is 12.8. The Morgan fingerprint density at radius 2 is 2.11 bits per heavy atom. The topological polar surface area (TPSA) is 64.3 Å². The number of aliphatic hydroxyl groups excluding tert-OH is 1. The fraction of sp³-hybridized carbons (Fsp3) is 0.333. The summed E-state index contributed by atoms with van der Waals surface area (Å²) in [5.41, 5.74) is -1.54. The molecule has 2 rings (SSSR count). The van der Waals surface area contributed by atoms with Crippen LogP contribution in [-0.2, 0) is 11.0 Å². The molecule has 0 radical (unpaired) electrons. The maximum atomic E-state index is 12.8. The lowest BCUT2D eigenvalue weighted by molar-refractivity contribution is -0.137. The molecule has 1 aliphatic heterocycles. The van der Waals surface area contributed by atoms with Gasteiger partial charge in [0.05, 0.1) is 36.3 Å². The molecule has 0 aromatic heterocycles. The van der Waals surface area contributed by atoms with Crippen molar-refractivity contribution in [2.24, 2.45) is 0 Å². The Hall–Kier alpha value is -2.07. The summed E-state index contributed by atoms with van der Waals surface area (Å²) in [6, 6.07) is 4.52. The average molecular weight is 270 g/mol. The lowest BCUT2D eigenvalue weighted by Crippen LogP contribution is -2.25. The van der Waals surface area contributed by atoms with Crippen molar-refractivity contribution in [3.05, 3.63) is 29.3 Å². The zero-order valence-corrected chi connectivity index (χ0v) is 9.61. The fourth-order valence-corrected chi connectivity index (χ4v) is 1.97. The van der Waals surface area contributed by atoms with Gasteiger partial charge in [-0.1, -0.05) is 0 Å². The largest absolute Gasteiger partial charge is 0.417 e. The molecule has 1 saturated heterocycles. The number of benzene rings is 1. The Bertz CT molecular complexity index is 563. The van der Waals surface area contributed by atoms with Gasteiger partial charge in [0.1, 0.15) is 0 Å². The summed E-state index contributed by atoms with van der Waals surface area (Å²) in [5.74, 6) is -0.440. The third kappa shape index (κ3) is 2.53. The monoisotopic (exact) mass is 270 g/mol. The number of hydrogen-bond acceptors (Lipinski definition) is 3. The van der Waals surface area contributed by atoms with Gasteiger partial charge in [0.2, 0.25) is 5.91 Å². The number of amides is 1. The van der Waals surface area contributed by atoms with E-state index >= 15 is 0 Å². The summed E-state index contributed by atoms with van der Waals surface area (Å²) < 4.78 is 38.3. The van der Waals surface area contributed by atoms with Crippen LogP contribution in [0.15, 0.2) is 18.2 Å². The number of aliphatic hydroxyl groups is 1. The summed E-state index contributed by atoms with van der Waals surface area (Å²) in [4.78, 5) is 12.6. The van der Waals surface area contributed by atoms with E-state index in [1.165, 1.54) is 12.1 Å². The zero-order chi connectivity index (χ0) is 14.2. The predicted octanol–water partition coefficient (Wildman–Crippen LogP) is 1.67. The van der Waals surface area contributed by atoms with Gasteiger partial charge in [-0.2, -0.15) is 18.4 Å². The SMILES string of the molecule is N#Cc1ccc(N2CC(O)CC2=O)cc1C(F)(F)F. The highest BCUT2D eigenvalue weighted by atomic mass is 19.4. The van der Waals surface area contributed by atoms with Crippen LogP contribution in [0.25, 0.3) is 0 Å². The number of rotatable bonds is 1. The average Bonchev–Trinajstić information content (AvgIpc) is 2.66. The van der Waals surface area contributed by atoms with Crippen molar-refractivity contribution in [3.63, 3.8) is 0 Å². The molecule has 1 fully saturated rings. The molecule has 0 aliphatic carbocycles. The number of alkyl halides is 3. The van der Waals surface area contributed by atoms with Gasteiger partial charge >= 0.3 is 6.18 Å². The van der Waals surface area contributed by atoms with E-state index < -0.39 is 29.3 Å². The standard InChI is InChI=1S/C12H9F3N2O2/c13-12(14,15)10-3-8(2-1-7(10)5-16)17-6-9(18)4-11(17)19/h1-3,9,18H,4,6H2. The number of β-amino-alcohol motifs (C(OH)–C–C–N with tert-alkyl or cyclic N) is 1. The minimum Gasteiger partial charge on any atom is -0.391 e. The first-order valence-electron chi connectivity index (χ1n) is 5.42. The number of anilines is 1. The first kappa shape index (κ1) is 13.4. The van der Waals surface area contributed by atoms with Gasteiger partial charge in [-0.25, -0.2) is 0 Å². The Kier molecular flexibility index (Phi) is 3.20. The quantitative estimate of drug-likeness (QED) is 0.844. The van der Waals surface area contributed by atoms with Gasteiger partial charge in [0.15, 0.2) is 0 Å². The van der Waals surface area contributed by atoms with Crippen LogP contribution in [0.4, 0.5) is 18.9 Å². The number of hydrogen-bond donors (Lipinski definition) is 1. The Balaban J connectivity index is 2.45. The van der Waals surface area contributed by atoms with E-state index in [0.29, 0.717) is 0 Å². The zero-order valence-electron chi connectivity index (χ0n) is 9.61. The Morgan fingerprint density at radius 1 is 1.42 bits per heavy atom. The van der Waals surface area contributed by atoms with Crippen LogP contribution in [0.3, 0.4) is 0 Å². The van der Waals surface area contributed by atoms with E-state index in [9.17, 15) is 23.1 Å². The van der Waals surface area contributed by atoms with Crippen LogP contribution >= 0.6 is 0 Å². The number of nitriles is 1. The highest BCUT2D eigenvalue weighted by Gasteiger charge is 2.36. The van der Waals surface area contributed by atoms with Crippen molar-refractivity contribution in [1.82, 2.24) is 0 Å². The molecule has 1 amide bonds. The molecule has 1 aromatic carbocycles. The van der Waals surface area contributed by atoms with E-state index in [-0.39, 0.29) is 18.7 Å². The van der Waals surface area contributed by atoms with Gasteiger partial charge in [0.25, 0.3) is 0 Å². The molecule has 1 heterocycles. The van der Waals surface area contributed by atoms with Gasteiger partial charge < -0.3 is 10.0 Å². The van der Waals surface area contributed by atoms with Crippen LogP contribution in [0.5, 0.6) is 0 Å². The summed E-state index contributed by atoms with van der Waals surface area (Å²) in [5, 5.41) is 18.0. The molecule has 1 aliphatic rings. The molecule has 0 spiro atoms. The van der Waals surface area contributed by atoms with Crippen LogP contribution in [-0.4, -0.2) is 23.7 Å². The fourth-order valence-electron chi connectivity index (χ4n) is 1.97. The molecular weight excluding hydrogens is 261 g/mol. The van der Waals surface area contributed by atoms with Crippen molar-refractivity contribution >= 4 is 11.6 Å². The highest BCUT2D eigenvalue weighted by molar-refractivity contribution is 5.96. The molecule has 4 nitrogen and oxygen atoms in total. The molecule has 0 bridgehead atoms. The molecule has 7 heteroatoms. The number of halogens is 3. The molecule has 1 atom stereocenters. The van der Waals surface area contributed by atoms with E-state index in [0.717, 1.165) is 17.0 Å². The predicted molar refractivity (Wildman–Crippen MR) is 59.1 cm³/mol. The molecule has 1 unspecified atom stereocenters. The Labute approximate surface area is 106 Å². The molecule has 1 N–H and O–H groups in total. The van der Waals surface area contributed by atoms with Gasteiger partial charge in [-0.05, 0) is 18.2 Å². The second-order valence-electron chi connectivity index (χ2n) is 4.20. The van der Waals surface area contributed by atoms with Crippen molar-refractivity contribution in [1.29, 1.82) is 5.26 Å². The second kappa shape index (κ2) is 4.55. The summed E-state index contributed by atoms with van der Waals surface area (Å²) >= 11 is 0. The summed E-state index contributed by atoms with van der Waals surface area (Å²) in [6.07, 6.45) is -5.65. The minimum atomic E-state index is -4.66. The second-order valence-corrected chi connectivity index (χ2v) is 4.20. The highest BCUT2D eigenvalue weighted by Crippen LogP contribution is 2.35. The number of nitrogens with zero attached hydrogens (tertiary/aromatic N) is 2. The van der Waals surface area contributed by atoms with E-state index in [4.69, 9.17) is 5.26 Å². The van der Waals surface area contributed by atoms with Crippen molar-refractivity contribution < 1.29 is 23.1 Å². The third-order valence-corrected chi connectivity index (χ3v) is 2.85. The molecular formula is C12H9F3N2O2. The van der Waals surface area contributed by atoms with Gasteiger partial charge in [-0.15, -0.1) is 0 Å². The smallest absolute Gasteiger partial charge is 0.391 e. The van der Waals surface area contributed by atoms with Crippen LogP contribution in [0.2, 0.25) is 0 Å². The first-order chi connectivity index (χ1) is 8.82. The normalized spacial score (nSPS) is 19.6.